The predicted octanol–water partition coefficient (Wildman–Crippen LogP) is 3.96. The van der Waals surface area contributed by atoms with Crippen molar-refractivity contribution in [3.63, 3.8) is 0 Å². The van der Waals surface area contributed by atoms with E-state index in [9.17, 15) is 9.18 Å². The van der Waals surface area contributed by atoms with Crippen LogP contribution in [0.15, 0.2) is 48.0 Å². The van der Waals surface area contributed by atoms with E-state index in [0.717, 1.165) is 23.4 Å². The fourth-order valence-electron chi connectivity index (χ4n) is 3.11. The summed E-state index contributed by atoms with van der Waals surface area (Å²) in [6.07, 6.45) is 3.12. The maximum atomic E-state index is 13.0. The summed E-state index contributed by atoms with van der Waals surface area (Å²) in [4.78, 5) is 15.7. The van der Waals surface area contributed by atoms with Crippen molar-refractivity contribution in [2.75, 3.05) is 13.1 Å². The summed E-state index contributed by atoms with van der Waals surface area (Å²) in [6, 6.07) is 9.96. The molecule has 0 saturated carbocycles. The van der Waals surface area contributed by atoms with E-state index >= 15 is 0 Å². The quantitative estimate of drug-likeness (QED) is 0.755. The van der Waals surface area contributed by atoms with E-state index in [-0.39, 0.29) is 17.8 Å². The number of likely N-dealkylation sites (tertiary alicyclic amines) is 1. The van der Waals surface area contributed by atoms with Crippen molar-refractivity contribution >= 4 is 17.2 Å². The number of ether oxygens (including phenoxy) is 1. The number of benzene rings is 1. The normalized spacial score (nSPS) is 15.2. The van der Waals surface area contributed by atoms with E-state index in [2.05, 4.69) is 10.2 Å². The number of carbonyl (C=O) groups is 1. The van der Waals surface area contributed by atoms with Crippen molar-refractivity contribution in [1.82, 2.24) is 15.1 Å². The fourth-order valence-corrected chi connectivity index (χ4v) is 3.84. The predicted molar refractivity (Wildman–Crippen MR) is 97.9 cm³/mol. The third-order valence-corrected chi connectivity index (χ3v) is 5.37. The number of halogens is 1. The summed E-state index contributed by atoms with van der Waals surface area (Å²) in [5.74, 6) is 0.368. The van der Waals surface area contributed by atoms with Gasteiger partial charge >= 0.3 is 0 Å². The van der Waals surface area contributed by atoms with Crippen molar-refractivity contribution < 1.29 is 13.9 Å². The standard InChI is InChI=1S/C19H18FN3O2S/c20-13-3-5-14(6-4-13)25-15-7-9-23(10-8-15)19(24)16-12-21-22-18(16)17-2-1-11-26-17/h1-6,11-12,15H,7-10H2,(H,21,22). The lowest BCUT2D eigenvalue weighted by molar-refractivity contribution is 0.0596. The second-order valence-corrected chi connectivity index (χ2v) is 7.15. The van der Waals surface area contributed by atoms with Crippen LogP contribution in [-0.4, -0.2) is 40.2 Å². The van der Waals surface area contributed by atoms with Gasteiger partial charge < -0.3 is 9.64 Å². The zero-order valence-corrected chi connectivity index (χ0v) is 14.8. The van der Waals surface area contributed by atoms with Gasteiger partial charge in [-0.3, -0.25) is 9.89 Å². The minimum absolute atomic E-state index is 0.0117. The SMILES string of the molecule is O=C(c1cn[nH]c1-c1cccs1)N1CCC(Oc2ccc(F)cc2)CC1. The van der Waals surface area contributed by atoms with Crippen molar-refractivity contribution in [1.29, 1.82) is 0 Å². The Balaban J connectivity index is 1.38. The Morgan fingerprint density at radius 1 is 1.23 bits per heavy atom. The van der Waals surface area contributed by atoms with Crippen LogP contribution in [0.4, 0.5) is 4.39 Å². The highest BCUT2D eigenvalue weighted by Gasteiger charge is 2.27. The van der Waals surface area contributed by atoms with Crippen molar-refractivity contribution in [3.8, 4) is 16.3 Å². The summed E-state index contributed by atoms with van der Waals surface area (Å²) in [5, 5.41) is 8.96. The van der Waals surface area contributed by atoms with Gasteiger partial charge in [0, 0.05) is 25.9 Å². The average Bonchev–Trinajstić information content (AvgIpc) is 3.35. The van der Waals surface area contributed by atoms with Gasteiger partial charge in [-0.15, -0.1) is 11.3 Å². The number of amides is 1. The van der Waals surface area contributed by atoms with E-state index in [1.54, 1.807) is 29.7 Å². The molecule has 1 N–H and O–H groups in total. The van der Waals surface area contributed by atoms with Crippen molar-refractivity contribution in [2.45, 2.75) is 18.9 Å². The van der Waals surface area contributed by atoms with Gasteiger partial charge in [0.2, 0.25) is 0 Å². The minimum atomic E-state index is -0.278. The molecular weight excluding hydrogens is 353 g/mol. The average molecular weight is 371 g/mol. The van der Waals surface area contributed by atoms with Gasteiger partial charge in [-0.25, -0.2) is 4.39 Å². The molecule has 0 aliphatic carbocycles. The lowest BCUT2D eigenvalue weighted by Crippen LogP contribution is -2.41. The Morgan fingerprint density at radius 2 is 2.00 bits per heavy atom. The van der Waals surface area contributed by atoms with Gasteiger partial charge in [0.05, 0.1) is 22.3 Å². The van der Waals surface area contributed by atoms with Crippen LogP contribution in [0.2, 0.25) is 0 Å². The van der Waals surface area contributed by atoms with E-state index in [1.807, 2.05) is 22.4 Å². The zero-order chi connectivity index (χ0) is 17.9. The molecule has 1 fully saturated rings. The molecule has 1 aliphatic rings. The number of rotatable bonds is 4. The maximum absolute atomic E-state index is 13.0. The van der Waals surface area contributed by atoms with Crippen LogP contribution in [0.3, 0.4) is 0 Å². The molecular formula is C19H18FN3O2S. The Morgan fingerprint density at radius 3 is 2.69 bits per heavy atom. The molecule has 3 heterocycles. The Kier molecular flexibility index (Phi) is 4.71. The van der Waals surface area contributed by atoms with Crippen LogP contribution < -0.4 is 4.74 Å². The fraction of sp³-hybridized carbons (Fsp3) is 0.263. The third kappa shape index (κ3) is 3.48. The number of aromatic amines is 1. The van der Waals surface area contributed by atoms with Crippen LogP contribution in [0.1, 0.15) is 23.2 Å². The van der Waals surface area contributed by atoms with Crippen molar-refractivity contribution in [3.05, 3.63) is 59.4 Å². The number of nitrogens with zero attached hydrogens (tertiary/aromatic N) is 2. The van der Waals surface area contributed by atoms with Crippen molar-refractivity contribution in [2.24, 2.45) is 0 Å². The molecule has 1 aromatic carbocycles. The molecule has 5 nitrogen and oxygen atoms in total. The van der Waals surface area contributed by atoms with Gasteiger partial charge in [0.15, 0.2) is 0 Å². The molecule has 0 atom stereocenters. The van der Waals surface area contributed by atoms with E-state index in [0.29, 0.717) is 24.4 Å². The maximum Gasteiger partial charge on any atom is 0.257 e. The highest BCUT2D eigenvalue weighted by atomic mass is 32.1. The van der Waals surface area contributed by atoms with Crippen LogP contribution in [0.25, 0.3) is 10.6 Å². The number of nitrogens with one attached hydrogen (secondary N) is 1. The molecule has 0 bridgehead atoms. The van der Waals surface area contributed by atoms with Crippen LogP contribution in [-0.2, 0) is 0 Å². The number of piperidine rings is 1. The molecule has 26 heavy (non-hydrogen) atoms. The van der Waals surface area contributed by atoms with Gasteiger partial charge in [-0.1, -0.05) is 6.07 Å². The highest BCUT2D eigenvalue weighted by molar-refractivity contribution is 7.13. The lowest BCUT2D eigenvalue weighted by Gasteiger charge is -2.32. The summed E-state index contributed by atoms with van der Waals surface area (Å²) in [6.45, 7) is 1.25. The summed E-state index contributed by atoms with van der Waals surface area (Å²) in [5.41, 5.74) is 1.38. The molecule has 4 rings (SSSR count). The van der Waals surface area contributed by atoms with Gasteiger partial charge in [-0.05, 0) is 35.7 Å². The molecule has 0 unspecified atom stereocenters. The first kappa shape index (κ1) is 16.8. The highest BCUT2D eigenvalue weighted by Crippen LogP contribution is 2.28. The minimum Gasteiger partial charge on any atom is -0.490 e. The largest absolute Gasteiger partial charge is 0.490 e. The number of hydrogen-bond acceptors (Lipinski definition) is 4. The second kappa shape index (κ2) is 7.29. The Bertz CT molecular complexity index is 869. The zero-order valence-electron chi connectivity index (χ0n) is 14.0. The summed E-state index contributed by atoms with van der Waals surface area (Å²) < 4.78 is 18.9. The van der Waals surface area contributed by atoms with Gasteiger partial charge in [0.25, 0.3) is 5.91 Å². The lowest BCUT2D eigenvalue weighted by atomic mass is 10.1. The molecule has 1 saturated heterocycles. The molecule has 0 spiro atoms. The number of hydrogen-bond donors (Lipinski definition) is 1. The van der Waals surface area contributed by atoms with Crippen LogP contribution in [0, 0.1) is 5.82 Å². The van der Waals surface area contributed by atoms with Crippen LogP contribution >= 0.6 is 11.3 Å². The van der Waals surface area contributed by atoms with E-state index in [1.165, 1.54) is 12.1 Å². The molecule has 134 valence electrons. The number of carbonyl (C=O) groups excluding carboxylic acids is 1. The number of thiophene rings is 1. The van der Waals surface area contributed by atoms with Gasteiger partial charge in [-0.2, -0.15) is 5.10 Å². The summed E-state index contributed by atoms with van der Waals surface area (Å²) in [7, 11) is 0. The second-order valence-electron chi connectivity index (χ2n) is 6.20. The topological polar surface area (TPSA) is 58.2 Å². The molecule has 3 aromatic rings. The van der Waals surface area contributed by atoms with E-state index in [4.69, 9.17) is 4.74 Å². The molecule has 1 aliphatic heterocycles. The number of aromatic nitrogens is 2. The summed E-state index contributed by atoms with van der Waals surface area (Å²) >= 11 is 1.57. The monoisotopic (exact) mass is 371 g/mol. The van der Waals surface area contributed by atoms with E-state index < -0.39 is 0 Å². The smallest absolute Gasteiger partial charge is 0.257 e. The third-order valence-electron chi connectivity index (χ3n) is 4.48. The molecule has 7 heteroatoms. The molecule has 1 amide bonds. The first-order chi connectivity index (χ1) is 12.7. The molecule has 0 radical (unpaired) electrons. The first-order valence-electron chi connectivity index (χ1n) is 8.49. The first-order valence-corrected chi connectivity index (χ1v) is 9.37. The number of H-pyrrole nitrogens is 1. The Labute approximate surface area is 154 Å². The van der Waals surface area contributed by atoms with Gasteiger partial charge in [0.1, 0.15) is 17.7 Å². The Hall–Kier alpha value is -2.67. The van der Waals surface area contributed by atoms with Crippen LogP contribution in [0.5, 0.6) is 5.75 Å². The molecule has 2 aromatic heterocycles.